The molecule has 0 saturated heterocycles. The second-order valence-corrected chi connectivity index (χ2v) is 2.68. The van der Waals surface area contributed by atoms with Crippen molar-refractivity contribution in [2.24, 2.45) is 5.73 Å². The van der Waals surface area contributed by atoms with Crippen molar-refractivity contribution in [3.63, 3.8) is 0 Å². The summed E-state index contributed by atoms with van der Waals surface area (Å²) in [6.07, 6.45) is 3.23. The molecule has 0 aromatic carbocycles. The summed E-state index contributed by atoms with van der Waals surface area (Å²) < 4.78 is 4.84. The van der Waals surface area contributed by atoms with Crippen LogP contribution in [0.15, 0.2) is 16.9 Å². The van der Waals surface area contributed by atoms with Crippen LogP contribution in [0.4, 0.5) is 0 Å². The van der Waals surface area contributed by atoms with Gasteiger partial charge in [-0.3, -0.25) is 0 Å². The second-order valence-electron chi connectivity index (χ2n) is 2.68. The van der Waals surface area contributed by atoms with Gasteiger partial charge in [-0.15, -0.1) is 0 Å². The molecule has 1 atom stereocenters. The Morgan fingerprint density at radius 2 is 2.50 bits per heavy atom. The molecule has 0 aliphatic heterocycles. The van der Waals surface area contributed by atoms with E-state index in [-0.39, 0.29) is 12.5 Å². The highest BCUT2D eigenvalue weighted by Gasteiger charge is 2.15. The van der Waals surface area contributed by atoms with Crippen LogP contribution >= 0.6 is 0 Å². The van der Waals surface area contributed by atoms with Crippen molar-refractivity contribution in [1.82, 2.24) is 20.1 Å². The largest absolute Gasteiger partial charge is 0.394 e. The average Bonchev–Trinajstić information content (AvgIpc) is 2.86. The van der Waals surface area contributed by atoms with Gasteiger partial charge in [-0.25, -0.2) is 4.98 Å². The van der Waals surface area contributed by atoms with E-state index in [0.717, 1.165) is 0 Å². The second kappa shape index (κ2) is 3.56. The molecule has 0 amide bonds. The fourth-order valence-electron chi connectivity index (χ4n) is 0.948. The maximum atomic E-state index is 8.75. The maximum Gasteiger partial charge on any atom is 0.246 e. The molecule has 2 rings (SSSR count). The quantitative estimate of drug-likeness (QED) is 0.605. The van der Waals surface area contributed by atoms with Crippen molar-refractivity contribution in [1.29, 1.82) is 0 Å². The molecule has 0 saturated carbocycles. The standard InChI is InChI=1S/C7H9N5O2/c8-4(3-13)7-11-6(12-14-7)5-9-1-2-10-5/h1-2,4,13H,3,8H2,(H,9,10). The van der Waals surface area contributed by atoms with Crippen LogP contribution in [0.5, 0.6) is 0 Å². The lowest BCUT2D eigenvalue weighted by Crippen LogP contribution is -2.14. The highest BCUT2D eigenvalue weighted by molar-refractivity contribution is 5.40. The van der Waals surface area contributed by atoms with Gasteiger partial charge in [-0.05, 0) is 0 Å². The van der Waals surface area contributed by atoms with Gasteiger partial charge in [0.2, 0.25) is 11.7 Å². The Kier molecular flexibility index (Phi) is 2.25. The number of aromatic nitrogens is 4. The first-order chi connectivity index (χ1) is 6.81. The molecule has 2 aromatic rings. The van der Waals surface area contributed by atoms with Gasteiger partial charge in [-0.1, -0.05) is 5.16 Å². The molecule has 0 aliphatic carbocycles. The summed E-state index contributed by atoms with van der Waals surface area (Å²) in [5, 5.41) is 12.4. The summed E-state index contributed by atoms with van der Waals surface area (Å²) in [6, 6.07) is -0.647. The van der Waals surface area contributed by atoms with Gasteiger partial charge in [0.05, 0.1) is 6.61 Å². The lowest BCUT2D eigenvalue weighted by molar-refractivity contribution is 0.237. The predicted octanol–water partition coefficient (Wildman–Crippen LogP) is -0.548. The van der Waals surface area contributed by atoms with Gasteiger partial charge >= 0.3 is 0 Å². The molecule has 2 aromatic heterocycles. The number of rotatable bonds is 3. The minimum atomic E-state index is -0.647. The molecule has 1 unspecified atom stereocenters. The number of H-pyrrole nitrogens is 1. The van der Waals surface area contributed by atoms with Crippen molar-refractivity contribution >= 4 is 0 Å². The third-order valence-corrected chi connectivity index (χ3v) is 1.67. The first-order valence-corrected chi connectivity index (χ1v) is 4.01. The van der Waals surface area contributed by atoms with E-state index in [1.807, 2.05) is 0 Å². The van der Waals surface area contributed by atoms with Crippen molar-refractivity contribution in [2.45, 2.75) is 6.04 Å². The number of aromatic amines is 1. The molecule has 0 fully saturated rings. The third kappa shape index (κ3) is 1.50. The summed E-state index contributed by atoms with van der Waals surface area (Å²) in [5.74, 6) is 1.03. The number of hydrogen-bond acceptors (Lipinski definition) is 6. The Morgan fingerprint density at radius 1 is 1.64 bits per heavy atom. The van der Waals surface area contributed by atoms with Crippen LogP contribution in [0.1, 0.15) is 11.9 Å². The number of aliphatic hydroxyl groups excluding tert-OH is 1. The molecule has 0 radical (unpaired) electrons. The predicted molar refractivity (Wildman–Crippen MR) is 45.9 cm³/mol. The van der Waals surface area contributed by atoms with Gasteiger partial charge in [0.25, 0.3) is 0 Å². The average molecular weight is 195 g/mol. The Morgan fingerprint density at radius 3 is 3.14 bits per heavy atom. The van der Waals surface area contributed by atoms with Crippen LogP contribution in [0.2, 0.25) is 0 Å². The molecule has 7 heteroatoms. The SMILES string of the molecule is NC(CO)c1nc(-c2ncc[nH]2)no1. The molecule has 7 nitrogen and oxygen atoms in total. The highest BCUT2D eigenvalue weighted by Crippen LogP contribution is 2.12. The van der Waals surface area contributed by atoms with Crippen molar-refractivity contribution in [3.05, 3.63) is 18.3 Å². The number of nitrogens with zero attached hydrogens (tertiary/aromatic N) is 3. The molecule has 74 valence electrons. The summed E-state index contributed by atoms with van der Waals surface area (Å²) in [7, 11) is 0. The number of nitrogens with two attached hydrogens (primary N) is 1. The molecular formula is C7H9N5O2. The zero-order valence-corrected chi connectivity index (χ0v) is 7.21. The third-order valence-electron chi connectivity index (χ3n) is 1.67. The zero-order valence-electron chi connectivity index (χ0n) is 7.21. The minimum Gasteiger partial charge on any atom is -0.394 e. The number of aliphatic hydroxyl groups is 1. The number of imidazole rings is 1. The molecule has 4 N–H and O–H groups in total. The summed E-state index contributed by atoms with van der Waals surface area (Å²) >= 11 is 0. The molecule has 0 aliphatic rings. The Bertz CT molecular complexity index is 396. The monoisotopic (exact) mass is 195 g/mol. The number of hydrogen-bond donors (Lipinski definition) is 3. The Hall–Kier alpha value is -1.73. The van der Waals surface area contributed by atoms with Crippen LogP contribution in [-0.4, -0.2) is 31.8 Å². The summed E-state index contributed by atoms with van der Waals surface area (Å²) in [6.45, 7) is -0.236. The van der Waals surface area contributed by atoms with E-state index in [1.54, 1.807) is 12.4 Å². The summed E-state index contributed by atoms with van der Waals surface area (Å²) in [4.78, 5) is 10.7. The van der Waals surface area contributed by atoms with E-state index in [4.69, 9.17) is 15.4 Å². The lowest BCUT2D eigenvalue weighted by Gasteiger charge is -1.98. The maximum absolute atomic E-state index is 8.75. The van der Waals surface area contributed by atoms with E-state index in [2.05, 4.69) is 20.1 Å². The molecule has 0 spiro atoms. The minimum absolute atomic E-state index is 0.193. The molecule has 14 heavy (non-hydrogen) atoms. The van der Waals surface area contributed by atoms with Gasteiger partial charge < -0.3 is 20.3 Å². The Labute approximate surface area is 79.0 Å². The van der Waals surface area contributed by atoms with E-state index in [9.17, 15) is 0 Å². The van der Waals surface area contributed by atoms with Crippen molar-refractivity contribution in [2.75, 3.05) is 6.61 Å². The van der Waals surface area contributed by atoms with E-state index in [0.29, 0.717) is 11.6 Å². The topological polar surface area (TPSA) is 114 Å². The molecule has 2 heterocycles. The van der Waals surface area contributed by atoms with Crippen LogP contribution in [0.3, 0.4) is 0 Å². The fraction of sp³-hybridized carbons (Fsp3) is 0.286. The number of nitrogens with one attached hydrogen (secondary N) is 1. The lowest BCUT2D eigenvalue weighted by atomic mass is 10.3. The first-order valence-electron chi connectivity index (χ1n) is 4.01. The van der Waals surface area contributed by atoms with Gasteiger partial charge in [0.15, 0.2) is 5.82 Å². The van der Waals surface area contributed by atoms with E-state index >= 15 is 0 Å². The van der Waals surface area contributed by atoms with Crippen molar-refractivity contribution < 1.29 is 9.63 Å². The van der Waals surface area contributed by atoms with E-state index in [1.165, 1.54) is 0 Å². The molecule has 0 bridgehead atoms. The van der Waals surface area contributed by atoms with Crippen LogP contribution < -0.4 is 5.73 Å². The fourth-order valence-corrected chi connectivity index (χ4v) is 0.948. The van der Waals surface area contributed by atoms with Crippen LogP contribution in [-0.2, 0) is 0 Å². The van der Waals surface area contributed by atoms with Crippen LogP contribution in [0.25, 0.3) is 11.6 Å². The first kappa shape index (κ1) is 8.85. The summed E-state index contributed by atoms with van der Waals surface area (Å²) in [5.41, 5.74) is 5.48. The molecular weight excluding hydrogens is 186 g/mol. The van der Waals surface area contributed by atoms with Gasteiger partial charge in [0.1, 0.15) is 6.04 Å². The normalized spacial score (nSPS) is 13.0. The van der Waals surface area contributed by atoms with Crippen LogP contribution in [0, 0.1) is 0 Å². The zero-order chi connectivity index (χ0) is 9.97. The highest BCUT2D eigenvalue weighted by atomic mass is 16.5. The van der Waals surface area contributed by atoms with E-state index < -0.39 is 6.04 Å². The Balaban J connectivity index is 2.26. The van der Waals surface area contributed by atoms with Gasteiger partial charge in [-0.2, -0.15) is 4.98 Å². The smallest absolute Gasteiger partial charge is 0.246 e. The van der Waals surface area contributed by atoms with Gasteiger partial charge in [0, 0.05) is 12.4 Å². The van der Waals surface area contributed by atoms with Crippen molar-refractivity contribution in [3.8, 4) is 11.6 Å².